The zero-order valence-corrected chi connectivity index (χ0v) is 10.7. The molecule has 15 heavy (non-hydrogen) atoms. The van der Waals surface area contributed by atoms with Gasteiger partial charge in [-0.05, 0) is 53.0 Å². The van der Waals surface area contributed by atoms with Gasteiger partial charge in [0.2, 0.25) is 0 Å². The van der Waals surface area contributed by atoms with E-state index in [1.54, 1.807) is 0 Å². The Kier molecular flexibility index (Phi) is 2.56. The Hall–Kier alpha value is -0.870. The van der Waals surface area contributed by atoms with Gasteiger partial charge in [-0.15, -0.1) is 11.3 Å². The summed E-state index contributed by atoms with van der Waals surface area (Å²) >= 11 is 4.65. The molecule has 0 saturated heterocycles. The van der Waals surface area contributed by atoms with Crippen LogP contribution in [0, 0.1) is 13.8 Å². The van der Waals surface area contributed by atoms with Crippen molar-refractivity contribution in [2.45, 2.75) is 13.8 Å². The van der Waals surface area contributed by atoms with Crippen LogP contribution in [0.2, 0.25) is 0 Å². The van der Waals surface area contributed by atoms with Crippen molar-refractivity contribution >= 4 is 43.3 Å². The lowest BCUT2D eigenvalue weighted by molar-refractivity contribution is 0.0701. The molecule has 0 radical (unpaired) electrons. The largest absolute Gasteiger partial charge is 0.477 e. The number of hydrogen-bond donors (Lipinski definition) is 1. The fourth-order valence-corrected chi connectivity index (χ4v) is 3.35. The number of rotatable bonds is 1. The fourth-order valence-electron chi connectivity index (χ4n) is 1.46. The number of carboxylic acids is 1. The monoisotopic (exact) mass is 284 g/mol. The van der Waals surface area contributed by atoms with Crippen molar-refractivity contribution < 1.29 is 9.90 Å². The third kappa shape index (κ3) is 1.68. The molecule has 2 rings (SSSR count). The molecule has 1 aromatic carbocycles. The van der Waals surface area contributed by atoms with E-state index in [1.807, 2.05) is 26.0 Å². The van der Waals surface area contributed by atoms with Crippen LogP contribution in [-0.2, 0) is 0 Å². The van der Waals surface area contributed by atoms with E-state index in [4.69, 9.17) is 5.11 Å². The van der Waals surface area contributed by atoms with E-state index < -0.39 is 5.97 Å². The van der Waals surface area contributed by atoms with Crippen LogP contribution in [-0.4, -0.2) is 11.1 Å². The lowest BCUT2D eigenvalue weighted by Crippen LogP contribution is -1.91. The zero-order chi connectivity index (χ0) is 11.2. The Bertz CT molecular complexity index is 557. The first-order chi connectivity index (χ1) is 7.00. The van der Waals surface area contributed by atoms with Crippen molar-refractivity contribution in [2.75, 3.05) is 0 Å². The van der Waals surface area contributed by atoms with Crippen LogP contribution in [0.3, 0.4) is 0 Å². The molecule has 0 bridgehead atoms. The van der Waals surface area contributed by atoms with Gasteiger partial charge in [-0.2, -0.15) is 0 Å². The van der Waals surface area contributed by atoms with Gasteiger partial charge in [-0.25, -0.2) is 4.79 Å². The Balaban J connectivity index is 2.83. The highest BCUT2D eigenvalue weighted by atomic mass is 79.9. The number of thiophene rings is 1. The van der Waals surface area contributed by atoms with Gasteiger partial charge in [0.25, 0.3) is 0 Å². The van der Waals surface area contributed by atoms with Gasteiger partial charge in [-0.1, -0.05) is 0 Å². The van der Waals surface area contributed by atoms with E-state index in [0.29, 0.717) is 9.35 Å². The molecule has 0 unspecified atom stereocenters. The van der Waals surface area contributed by atoms with Crippen LogP contribution in [0.1, 0.15) is 20.8 Å². The number of aryl methyl sites for hydroxylation is 2. The summed E-state index contributed by atoms with van der Waals surface area (Å²) in [5.41, 5.74) is 2.37. The average molecular weight is 285 g/mol. The third-order valence-corrected chi connectivity index (χ3v) is 4.66. The summed E-state index contributed by atoms with van der Waals surface area (Å²) in [6.45, 7) is 4.06. The maximum atomic E-state index is 10.9. The van der Waals surface area contributed by atoms with E-state index in [9.17, 15) is 4.79 Å². The summed E-state index contributed by atoms with van der Waals surface area (Å²) in [6.07, 6.45) is 0. The standard InChI is InChI=1S/C11H9BrO2S/c1-5-3-7-8(4-6(5)2)15-10(9(7)12)11(13)14/h3-4H,1-2H3,(H,13,14). The van der Waals surface area contributed by atoms with Crippen molar-refractivity contribution in [3.05, 3.63) is 32.6 Å². The molecule has 1 N–H and O–H groups in total. The summed E-state index contributed by atoms with van der Waals surface area (Å²) in [4.78, 5) is 11.3. The van der Waals surface area contributed by atoms with Gasteiger partial charge in [0.05, 0.1) is 4.47 Å². The molecule has 4 heteroatoms. The minimum atomic E-state index is -0.876. The van der Waals surface area contributed by atoms with Gasteiger partial charge in [-0.3, -0.25) is 0 Å². The van der Waals surface area contributed by atoms with Gasteiger partial charge < -0.3 is 5.11 Å². The lowest BCUT2D eigenvalue weighted by atomic mass is 10.1. The van der Waals surface area contributed by atoms with Gasteiger partial charge in [0.1, 0.15) is 4.88 Å². The number of carboxylic acid groups (broad SMARTS) is 1. The molecule has 1 aromatic heterocycles. The minimum absolute atomic E-state index is 0.370. The number of carbonyl (C=O) groups is 1. The van der Waals surface area contributed by atoms with Gasteiger partial charge in [0, 0.05) is 10.1 Å². The fraction of sp³-hybridized carbons (Fsp3) is 0.182. The molecule has 0 fully saturated rings. The van der Waals surface area contributed by atoms with Crippen LogP contribution in [0.15, 0.2) is 16.6 Å². The van der Waals surface area contributed by atoms with E-state index in [0.717, 1.165) is 10.1 Å². The normalized spacial score (nSPS) is 10.9. The number of fused-ring (bicyclic) bond motifs is 1. The summed E-state index contributed by atoms with van der Waals surface area (Å²) < 4.78 is 1.71. The number of hydrogen-bond acceptors (Lipinski definition) is 2. The van der Waals surface area contributed by atoms with Crippen LogP contribution < -0.4 is 0 Å². The first-order valence-electron chi connectivity index (χ1n) is 4.43. The molecule has 0 aliphatic heterocycles. The van der Waals surface area contributed by atoms with E-state index in [2.05, 4.69) is 15.9 Å². The second-order valence-corrected chi connectivity index (χ2v) is 5.33. The third-order valence-electron chi connectivity index (χ3n) is 2.44. The second-order valence-electron chi connectivity index (χ2n) is 3.48. The minimum Gasteiger partial charge on any atom is -0.477 e. The second kappa shape index (κ2) is 3.61. The molecule has 0 saturated carbocycles. The van der Waals surface area contributed by atoms with Crippen LogP contribution in [0.25, 0.3) is 10.1 Å². The van der Waals surface area contributed by atoms with Crippen molar-refractivity contribution in [1.29, 1.82) is 0 Å². The van der Waals surface area contributed by atoms with Crippen molar-refractivity contribution in [2.24, 2.45) is 0 Å². The zero-order valence-electron chi connectivity index (χ0n) is 8.30. The smallest absolute Gasteiger partial charge is 0.347 e. The molecular formula is C11H9BrO2S. The van der Waals surface area contributed by atoms with Gasteiger partial charge >= 0.3 is 5.97 Å². The Morgan fingerprint density at radius 2 is 1.93 bits per heavy atom. The van der Waals surface area contributed by atoms with Crippen molar-refractivity contribution in [1.82, 2.24) is 0 Å². The number of halogens is 1. The van der Waals surface area contributed by atoms with Crippen LogP contribution in [0.5, 0.6) is 0 Å². The van der Waals surface area contributed by atoms with Crippen LogP contribution in [0.4, 0.5) is 0 Å². The number of aromatic carboxylic acids is 1. The van der Waals surface area contributed by atoms with Crippen LogP contribution >= 0.6 is 27.3 Å². The first-order valence-corrected chi connectivity index (χ1v) is 6.04. The molecule has 0 atom stereocenters. The molecule has 0 aliphatic carbocycles. The molecule has 0 aliphatic rings. The maximum Gasteiger partial charge on any atom is 0.347 e. The topological polar surface area (TPSA) is 37.3 Å². The molecule has 1 heterocycles. The summed E-state index contributed by atoms with van der Waals surface area (Å²) in [7, 11) is 0. The van der Waals surface area contributed by atoms with Crippen molar-refractivity contribution in [3.63, 3.8) is 0 Å². The summed E-state index contributed by atoms with van der Waals surface area (Å²) in [6, 6.07) is 4.06. The molecular weight excluding hydrogens is 276 g/mol. The lowest BCUT2D eigenvalue weighted by Gasteiger charge is -1.99. The van der Waals surface area contributed by atoms with Gasteiger partial charge in [0.15, 0.2) is 0 Å². The molecule has 78 valence electrons. The molecule has 2 nitrogen and oxygen atoms in total. The quantitative estimate of drug-likeness (QED) is 0.860. The summed E-state index contributed by atoms with van der Waals surface area (Å²) in [5.74, 6) is -0.876. The molecule has 2 aromatic rings. The number of benzene rings is 1. The predicted octanol–water partition coefficient (Wildman–Crippen LogP) is 3.98. The Labute approximate surface area is 99.7 Å². The first kappa shape index (κ1) is 10.6. The highest BCUT2D eigenvalue weighted by Gasteiger charge is 2.15. The highest BCUT2D eigenvalue weighted by Crippen LogP contribution is 2.36. The van der Waals surface area contributed by atoms with E-state index in [-0.39, 0.29) is 0 Å². The Morgan fingerprint density at radius 3 is 2.53 bits per heavy atom. The highest BCUT2D eigenvalue weighted by molar-refractivity contribution is 9.10. The average Bonchev–Trinajstić information content (AvgIpc) is 2.46. The SMILES string of the molecule is Cc1cc2sc(C(=O)O)c(Br)c2cc1C. The van der Waals surface area contributed by atoms with E-state index >= 15 is 0 Å². The predicted molar refractivity (Wildman–Crippen MR) is 66.0 cm³/mol. The van der Waals surface area contributed by atoms with E-state index in [1.165, 1.54) is 22.5 Å². The Morgan fingerprint density at radius 1 is 1.33 bits per heavy atom. The molecule has 0 amide bonds. The van der Waals surface area contributed by atoms with Crippen molar-refractivity contribution in [3.8, 4) is 0 Å². The summed E-state index contributed by atoms with van der Waals surface area (Å²) in [5, 5.41) is 9.97. The maximum absolute atomic E-state index is 10.9. The molecule has 0 spiro atoms.